The van der Waals surface area contributed by atoms with Crippen molar-refractivity contribution < 1.29 is 5.11 Å². The first-order valence-electron chi connectivity index (χ1n) is 1.97. The van der Waals surface area contributed by atoms with E-state index in [0.29, 0.717) is 0 Å². The number of rotatable bonds is 1. The molecule has 0 aromatic carbocycles. The lowest BCUT2D eigenvalue weighted by atomic mass is 10.2. The monoisotopic (exact) mass is 85.1 g/mol. The molecule has 0 amide bonds. The first-order chi connectivity index (χ1) is 2.93. The molecule has 1 atom stereocenters. The molecular weight excluding hydrogens is 78.0 g/mol. The van der Waals surface area contributed by atoms with Gasteiger partial charge in [0, 0.05) is 0 Å². The SMILES string of the molecule is OCC1C=CN1. The molecule has 1 aliphatic rings. The molecule has 1 heterocycles. The molecule has 1 unspecified atom stereocenters. The zero-order chi connectivity index (χ0) is 4.41. The molecule has 0 aromatic rings. The number of hydrogen-bond donors (Lipinski definition) is 2. The van der Waals surface area contributed by atoms with Crippen LogP contribution in [0, 0.1) is 0 Å². The van der Waals surface area contributed by atoms with Crippen LogP contribution in [-0.2, 0) is 0 Å². The normalized spacial score (nSPS) is 28.5. The van der Waals surface area contributed by atoms with Crippen LogP contribution in [0.4, 0.5) is 0 Å². The molecule has 0 aliphatic carbocycles. The Bertz CT molecular complexity index is 69.9. The Balaban J connectivity index is 2.21. The van der Waals surface area contributed by atoms with Crippen molar-refractivity contribution in [2.24, 2.45) is 0 Å². The Hall–Kier alpha value is -0.500. The maximum atomic E-state index is 8.27. The Morgan fingerprint density at radius 2 is 2.50 bits per heavy atom. The van der Waals surface area contributed by atoms with E-state index in [1.807, 2.05) is 12.3 Å². The van der Waals surface area contributed by atoms with E-state index in [0.717, 1.165) is 0 Å². The minimum absolute atomic E-state index is 0.219. The van der Waals surface area contributed by atoms with E-state index >= 15 is 0 Å². The molecule has 0 aromatic heterocycles. The van der Waals surface area contributed by atoms with Crippen molar-refractivity contribution in [2.75, 3.05) is 6.61 Å². The van der Waals surface area contributed by atoms with Crippen LogP contribution < -0.4 is 5.32 Å². The van der Waals surface area contributed by atoms with Gasteiger partial charge in [-0.05, 0) is 12.3 Å². The maximum absolute atomic E-state index is 8.27. The van der Waals surface area contributed by atoms with Crippen LogP contribution in [-0.4, -0.2) is 17.8 Å². The van der Waals surface area contributed by atoms with Crippen LogP contribution in [0.25, 0.3) is 0 Å². The summed E-state index contributed by atoms with van der Waals surface area (Å²) in [6, 6.07) is 0.241. The molecule has 0 saturated carbocycles. The van der Waals surface area contributed by atoms with Gasteiger partial charge < -0.3 is 10.4 Å². The minimum atomic E-state index is 0.219. The summed E-state index contributed by atoms with van der Waals surface area (Å²) < 4.78 is 0. The van der Waals surface area contributed by atoms with Crippen molar-refractivity contribution in [3.8, 4) is 0 Å². The first-order valence-corrected chi connectivity index (χ1v) is 1.97. The second kappa shape index (κ2) is 1.30. The standard InChI is InChI=1S/C4H7NO/c6-3-4-1-2-5-4/h1-2,4-6H,3H2. The average Bonchev–Trinajstić information content (AvgIpc) is 1.31. The Morgan fingerprint density at radius 1 is 1.83 bits per heavy atom. The molecule has 2 heteroatoms. The summed E-state index contributed by atoms with van der Waals surface area (Å²) in [5.41, 5.74) is 0. The van der Waals surface area contributed by atoms with Crippen LogP contribution in [0.1, 0.15) is 0 Å². The topological polar surface area (TPSA) is 32.3 Å². The van der Waals surface area contributed by atoms with Gasteiger partial charge in [-0.25, -0.2) is 0 Å². The smallest absolute Gasteiger partial charge is 0.0687 e. The molecule has 2 N–H and O–H groups in total. The summed E-state index contributed by atoms with van der Waals surface area (Å²) in [6.45, 7) is 0.219. The minimum Gasteiger partial charge on any atom is -0.394 e. The van der Waals surface area contributed by atoms with Gasteiger partial charge in [0.1, 0.15) is 0 Å². The fraction of sp³-hybridized carbons (Fsp3) is 0.500. The van der Waals surface area contributed by atoms with E-state index < -0.39 is 0 Å². The van der Waals surface area contributed by atoms with E-state index in [9.17, 15) is 0 Å². The highest BCUT2D eigenvalue weighted by molar-refractivity contribution is 5.03. The van der Waals surface area contributed by atoms with Gasteiger partial charge in [-0.15, -0.1) is 0 Å². The van der Waals surface area contributed by atoms with Gasteiger partial charge in [-0.1, -0.05) is 0 Å². The van der Waals surface area contributed by atoms with Gasteiger partial charge in [0.05, 0.1) is 12.6 Å². The summed E-state index contributed by atoms with van der Waals surface area (Å²) in [4.78, 5) is 0. The number of aliphatic hydroxyl groups excluding tert-OH is 1. The van der Waals surface area contributed by atoms with Crippen molar-refractivity contribution in [2.45, 2.75) is 6.04 Å². The van der Waals surface area contributed by atoms with E-state index in [-0.39, 0.29) is 12.6 Å². The predicted molar refractivity (Wildman–Crippen MR) is 23.1 cm³/mol. The molecule has 6 heavy (non-hydrogen) atoms. The van der Waals surface area contributed by atoms with Gasteiger partial charge in [-0.3, -0.25) is 0 Å². The van der Waals surface area contributed by atoms with Crippen molar-refractivity contribution >= 4 is 0 Å². The number of hydrogen-bond acceptors (Lipinski definition) is 2. The highest BCUT2D eigenvalue weighted by atomic mass is 16.3. The van der Waals surface area contributed by atoms with Crippen molar-refractivity contribution in [1.82, 2.24) is 5.32 Å². The lowest BCUT2D eigenvalue weighted by molar-refractivity contribution is 0.264. The quantitative estimate of drug-likeness (QED) is 0.448. The molecule has 0 saturated heterocycles. The van der Waals surface area contributed by atoms with Gasteiger partial charge >= 0.3 is 0 Å². The van der Waals surface area contributed by atoms with Gasteiger partial charge in [0.25, 0.3) is 0 Å². The maximum Gasteiger partial charge on any atom is 0.0687 e. The lowest BCUT2D eigenvalue weighted by Gasteiger charge is -2.16. The molecular formula is C4H7NO. The second-order valence-electron chi connectivity index (χ2n) is 1.31. The average molecular weight is 85.1 g/mol. The zero-order valence-electron chi connectivity index (χ0n) is 3.39. The molecule has 34 valence electrons. The molecule has 2 nitrogen and oxygen atoms in total. The molecule has 0 fully saturated rings. The van der Waals surface area contributed by atoms with E-state index in [1.54, 1.807) is 0 Å². The molecule has 0 spiro atoms. The highest BCUT2D eigenvalue weighted by Gasteiger charge is 2.03. The van der Waals surface area contributed by atoms with Gasteiger partial charge in [-0.2, -0.15) is 0 Å². The van der Waals surface area contributed by atoms with Crippen molar-refractivity contribution in [1.29, 1.82) is 0 Å². The fourth-order valence-corrected chi connectivity index (χ4v) is 0.346. The molecule has 1 aliphatic heterocycles. The lowest BCUT2D eigenvalue weighted by Crippen LogP contribution is -2.33. The molecule has 1 rings (SSSR count). The number of nitrogens with one attached hydrogen (secondary N) is 1. The van der Waals surface area contributed by atoms with E-state index in [2.05, 4.69) is 5.32 Å². The molecule has 0 bridgehead atoms. The summed E-state index contributed by atoms with van der Waals surface area (Å²) in [6.07, 6.45) is 3.74. The Kier molecular flexibility index (Phi) is 0.801. The van der Waals surface area contributed by atoms with Crippen LogP contribution >= 0.6 is 0 Å². The zero-order valence-corrected chi connectivity index (χ0v) is 3.39. The second-order valence-corrected chi connectivity index (χ2v) is 1.31. The summed E-state index contributed by atoms with van der Waals surface area (Å²) in [7, 11) is 0. The predicted octanol–water partition coefficient (Wildman–Crippen LogP) is -0.536. The van der Waals surface area contributed by atoms with Crippen LogP contribution in [0.5, 0.6) is 0 Å². The third-order valence-electron chi connectivity index (χ3n) is 0.836. The van der Waals surface area contributed by atoms with E-state index in [1.165, 1.54) is 0 Å². The first kappa shape index (κ1) is 3.68. The van der Waals surface area contributed by atoms with Gasteiger partial charge in [0.2, 0.25) is 0 Å². The summed E-state index contributed by atoms with van der Waals surface area (Å²) >= 11 is 0. The third kappa shape index (κ3) is 0.389. The van der Waals surface area contributed by atoms with Gasteiger partial charge in [0.15, 0.2) is 0 Å². The highest BCUT2D eigenvalue weighted by Crippen LogP contribution is 1.91. The number of aliphatic hydroxyl groups is 1. The van der Waals surface area contributed by atoms with E-state index in [4.69, 9.17) is 5.11 Å². The van der Waals surface area contributed by atoms with Crippen LogP contribution in [0.15, 0.2) is 12.3 Å². The van der Waals surface area contributed by atoms with Crippen molar-refractivity contribution in [3.63, 3.8) is 0 Å². The van der Waals surface area contributed by atoms with Crippen molar-refractivity contribution in [3.05, 3.63) is 12.3 Å². The van der Waals surface area contributed by atoms with Crippen LogP contribution in [0.2, 0.25) is 0 Å². The Morgan fingerprint density at radius 3 is 2.50 bits per heavy atom. The summed E-state index contributed by atoms with van der Waals surface area (Å²) in [5, 5.41) is 11.1. The summed E-state index contributed by atoms with van der Waals surface area (Å²) in [5.74, 6) is 0. The fourth-order valence-electron chi connectivity index (χ4n) is 0.346. The van der Waals surface area contributed by atoms with Crippen LogP contribution in [0.3, 0.4) is 0 Å². The molecule has 0 radical (unpaired) electrons. The third-order valence-corrected chi connectivity index (χ3v) is 0.836. The Labute approximate surface area is 36.5 Å². The largest absolute Gasteiger partial charge is 0.394 e.